The minimum Gasteiger partial charge on any atom is -0.486 e. The molecule has 0 unspecified atom stereocenters. The van der Waals surface area contributed by atoms with Gasteiger partial charge in [0.2, 0.25) is 0 Å². The van der Waals surface area contributed by atoms with E-state index in [2.05, 4.69) is 32.9 Å². The molecule has 0 aliphatic carbocycles. The smallest absolute Gasteiger partial charge is 0.326 e. The molecule has 1 aliphatic rings. The summed E-state index contributed by atoms with van der Waals surface area (Å²) in [6.07, 6.45) is 1.52. The standard InChI is InChI=1S/C21H16ClFIN3O2/c1-12-7-16(24)20(29-11-18-15(23)3-2-6-25-18)9-19(12)27-10-13-4-5-14(22)8-17(13)26-21(27)28/h2-9H,10-11H2,1H3,(H,26,28). The van der Waals surface area contributed by atoms with Gasteiger partial charge in [-0.2, -0.15) is 0 Å². The monoisotopic (exact) mass is 523 g/mol. The van der Waals surface area contributed by atoms with Crippen LogP contribution in [0.4, 0.5) is 20.6 Å². The van der Waals surface area contributed by atoms with Crippen LogP contribution in [0.15, 0.2) is 48.7 Å². The summed E-state index contributed by atoms with van der Waals surface area (Å²) in [5.74, 6) is 0.145. The number of carbonyl (C=O) groups is 1. The molecule has 2 aromatic carbocycles. The third-order valence-corrected chi connectivity index (χ3v) is 5.71. The highest BCUT2D eigenvalue weighted by Gasteiger charge is 2.26. The number of fused-ring (bicyclic) bond motifs is 1. The molecule has 5 nitrogen and oxygen atoms in total. The molecule has 3 aromatic rings. The van der Waals surface area contributed by atoms with Crippen molar-refractivity contribution in [1.82, 2.24) is 4.98 Å². The van der Waals surface area contributed by atoms with E-state index in [1.54, 1.807) is 23.1 Å². The Bertz CT molecular complexity index is 1110. The van der Waals surface area contributed by atoms with E-state index in [1.165, 1.54) is 18.3 Å². The molecule has 2 amide bonds. The van der Waals surface area contributed by atoms with Gasteiger partial charge in [0.05, 0.1) is 15.8 Å². The number of hydrogen-bond donors (Lipinski definition) is 1. The Morgan fingerprint density at radius 2 is 2.14 bits per heavy atom. The second-order valence-electron chi connectivity index (χ2n) is 6.61. The molecule has 4 rings (SSSR count). The van der Waals surface area contributed by atoms with Gasteiger partial charge < -0.3 is 10.1 Å². The summed E-state index contributed by atoms with van der Waals surface area (Å²) in [6, 6.07) is 11.8. The summed E-state index contributed by atoms with van der Waals surface area (Å²) < 4.78 is 20.5. The highest BCUT2D eigenvalue weighted by atomic mass is 127. The molecule has 0 saturated carbocycles. The Morgan fingerprint density at radius 3 is 2.93 bits per heavy atom. The van der Waals surface area contributed by atoms with Crippen LogP contribution in [0.3, 0.4) is 0 Å². The van der Waals surface area contributed by atoms with Gasteiger partial charge in [0, 0.05) is 23.0 Å². The fourth-order valence-electron chi connectivity index (χ4n) is 3.14. The van der Waals surface area contributed by atoms with Gasteiger partial charge in [-0.3, -0.25) is 9.88 Å². The van der Waals surface area contributed by atoms with Gasteiger partial charge in [0.25, 0.3) is 0 Å². The molecule has 8 heteroatoms. The minimum absolute atomic E-state index is 0.00128. The van der Waals surface area contributed by atoms with Gasteiger partial charge in [-0.05, 0) is 71.0 Å². The molecule has 0 saturated heterocycles. The van der Waals surface area contributed by atoms with Gasteiger partial charge in [-0.1, -0.05) is 17.7 Å². The van der Waals surface area contributed by atoms with E-state index in [0.717, 1.165) is 20.4 Å². The molecular weight excluding hydrogens is 508 g/mol. The largest absolute Gasteiger partial charge is 0.486 e. The highest BCUT2D eigenvalue weighted by Crippen LogP contribution is 2.35. The summed E-state index contributed by atoms with van der Waals surface area (Å²) in [7, 11) is 0. The van der Waals surface area contributed by atoms with Crippen LogP contribution in [0.1, 0.15) is 16.8 Å². The number of carbonyl (C=O) groups excluding carboxylic acids is 1. The summed E-state index contributed by atoms with van der Waals surface area (Å²) in [6.45, 7) is 2.34. The van der Waals surface area contributed by atoms with Crippen LogP contribution in [-0.4, -0.2) is 11.0 Å². The van der Waals surface area contributed by atoms with E-state index in [0.29, 0.717) is 23.0 Å². The Balaban J connectivity index is 1.62. The summed E-state index contributed by atoms with van der Waals surface area (Å²) >= 11 is 8.18. The average Bonchev–Trinajstić information content (AvgIpc) is 2.68. The SMILES string of the molecule is Cc1cc(I)c(OCc2ncccc2F)cc1N1Cc2ccc(Cl)cc2NC1=O. The molecule has 0 fully saturated rings. The molecule has 0 radical (unpaired) electrons. The van der Waals surface area contributed by atoms with E-state index >= 15 is 0 Å². The van der Waals surface area contributed by atoms with Crippen LogP contribution in [0.25, 0.3) is 0 Å². The third-order valence-electron chi connectivity index (χ3n) is 4.63. The Labute approximate surface area is 186 Å². The van der Waals surface area contributed by atoms with Gasteiger partial charge >= 0.3 is 6.03 Å². The lowest BCUT2D eigenvalue weighted by molar-refractivity contribution is 0.256. The zero-order valence-corrected chi connectivity index (χ0v) is 18.3. The molecule has 2 heterocycles. The number of pyridine rings is 1. The Kier molecular flexibility index (Phi) is 5.60. The lowest BCUT2D eigenvalue weighted by atomic mass is 10.1. The molecule has 0 atom stereocenters. The minimum atomic E-state index is -0.416. The predicted molar refractivity (Wildman–Crippen MR) is 119 cm³/mol. The lowest BCUT2D eigenvalue weighted by Crippen LogP contribution is -2.39. The molecule has 1 aromatic heterocycles. The van der Waals surface area contributed by atoms with Gasteiger partial charge in [0.1, 0.15) is 23.9 Å². The van der Waals surface area contributed by atoms with Crippen LogP contribution in [0.5, 0.6) is 5.75 Å². The van der Waals surface area contributed by atoms with E-state index in [4.69, 9.17) is 16.3 Å². The normalized spacial score (nSPS) is 13.1. The van der Waals surface area contributed by atoms with Crippen molar-refractivity contribution in [3.8, 4) is 5.75 Å². The Morgan fingerprint density at radius 1 is 1.31 bits per heavy atom. The van der Waals surface area contributed by atoms with Crippen molar-refractivity contribution in [3.05, 3.63) is 79.9 Å². The number of nitrogens with one attached hydrogen (secondary N) is 1. The zero-order valence-electron chi connectivity index (χ0n) is 15.4. The maximum atomic E-state index is 13.8. The topological polar surface area (TPSA) is 54.5 Å². The van der Waals surface area contributed by atoms with E-state index in [-0.39, 0.29) is 18.3 Å². The number of rotatable bonds is 4. The van der Waals surface area contributed by atoms with Crippen molar-refractivity contribution in [1.29, 1.82) is 0 Å². The molecule has 29 heavy (non-hydrogen) atoms. The highest BCUT2D eigenvalue weighted by molar-refractivity contribution is 14.1. The number of aromatic nitrogens is 1. The first-order valence-electron chi connectivity index (χ1n) is 8.81. The van der Waals surface area contributed by atoms with Gasteiger partial charge in [-0.25, -0.2) is 9.18 Å². The van der Waals surface area contributed by atoms with E-state index in [9.17, 15) is 9.18 Å². The third kappa shape index (κ3) is 4.16. The first-order chi connectivity index (χ1) is 13.9. The van der Waals surface area contributed by atoms with Crippen LogP contribution in [0, 0.1) is 16.3 Å². The second-order valence-corrected chi connectivity index (χ2v) is 8.21. The van der Waals surface area contributed by atoms with Crippen molar-refractivity contribution in [2.24, 2.45) is 0 Å². The Hall–Kier alpha value is -2.39. The molecule has 0 spiro atoms. The van der Waals surface area contributed by atoms with Crippen LogP contribution in [-0.2, 0) is 13.2 Å². The average molecular weight is 524 g/mol. The van der Waals surface area contributed by atoms with Crippen LogP contribution >= 0.6 is 34.2 Å². The van der Waals surface area contributed by atoms with Gasteiger partial charge in [-0.15, -0.1) is 0 Å². The van der Waals surface area contributed by atoms with Crippen molar-refractivity contribution < 1.29 is 13.9 Å². The lowest BCUT2D eigenvalue weighted by Gasteiger charge is -2.31. The number of aryl methyl sites for hydroxylation is 1. The predicted octanol–water partition coefficient (Wildman–Crippen LogP) is 5.92. The van der Waals surface area contributed by atoms with E-state index in [1.807, 2.05) is 19.1 Å². The van der Waals surface area contributed by atoms with Crippen molar-refractivity contribution >= 4 is 51.6 Å². The number of nitrogens with zero attached hydrogens (tertiary/aromatic N) is 2. The summed E-state index contributed by atoms with van der Waals surface area (Å²) in [5, 5.41) is 3.45. The van der Waals surface area contributed by atoms with Crippen LogP contribution in [0.2, 0.25) is 5.02 Å². The van der Waals surface area contributed by atoms with Crippen molar-refractivity contribution in [2.75, 3.05) is 10.2 Å². The first-order valence-corrected chi connectivity index (χ1v) is 10.3. The number of anilines is 2. The first kappa shape index (κ1) is 19.9. The molecule has 148 valence electrons. The van der Waals surface area contributed by atoms with Crippen molar-refractivity contribution in [3.63, 3.8) is 0 Å². The maximum Gasteiger partial charge on any atom is 0.326 e. The number of amides is 2. The zero-order chi connectivity index (χ0) is 20.5. The second kappa shape index (κ2) is 8.16. The number of ether oxygens (including phenoxy) is 1. The maximum absolute atomic E-state index is 13.8. The quantitative estimate of drug-likeness (QED) is 0.432. The fraction of sp³-hybridized carbons (Fsp3) is 0.143. The molecule has 1 aliphatic heterocycles. The molecule has 0 bridgehead atoms. The van der Waals surface area contributed by atoms with Gasteiger partial charge in [0.15, 0.2) is 0 Å². The number of hydrogen-bond acceptors (Lipinski definition) is 3. The van der Waals surface area contributed by atoms with E-state index < -0.39 is 5.82 Å². The molecular formula is C21H16ClFIN3O2. The van der Waals surface area contributed by atoms with Crippen molar-refractivity contribution in [2.45, 2.75) is 20.1 Å². The fourth-order valence-corrected chi connectivity index (χ4v) is 4.09. The van der Waals surface area contributed by atoms with Crippen LogP contribution < -0.4 is 15.0 Å². The number of urea groups is 1. The summed E-state index contributed by atoms with van der Waals surface area (Å²) in [5.41, 5.74) is 3.55. The summed E-state index contributed by atoms with van der Waals surface area (Å²) in [4.78, 5) is 18.4. The number of halogens is 3. The number of benzene rings is 2. The molecule has 1 N–H and O–H groups in total.